The quantitative estimate of drug-likeness (QED) is 0.933. The summed E-state index contributed by atoms with van der Waals surface area (Å²) >= 11 is 1.82. The summed E-state index contributed by atoms with van der Waals surface area (Å²) in [5.41, 5.74) is 8.92. The summed E-state index contributed by atoms with van der Waals surface area (Å²) in [4.78, 5) is 5.26. The molecule has 2 aromatic rings. The van der Waals surface area contributed by atoms with Gasteiger partial charge in [-0.05, 0) is 41.8 Å². The van der Waals surface area contributed by atoms with Crippen LogP contribution in [0.4, 0.5) is 0 Å². The van der Waals surface area contributed by atoms with Crippen LogP contribution in [0.1, 0.15) is 17.2 Å². The second-order valence-electron chi connectivity index (χ2n) is 4.63. The van der Waals surface area contributed by atoms with E-state index in [-0.39, 0.29) is 6.04 Å². The Balaban J connectivity index is 1.81. The first kappa shape index (κ1) is 12.5. The first-order valence-corrected chi connectivity index (χ1v) is 7.15. The molecule has 2 atom stereocenters. The Morgan fingerprint density at radius 3 is 2.79 bits per heavy atom. The summed E-state index contributed by atoms with van der Waals surface area (Å²) in [5.74, 6) is 0.878. The molecular weight excluding hydrogens is 256 g/mol. The second-order valence-corrected chi connectivity index (χ2v) is 5.95. The maximum absolute atomic E-state index is 6.37. The van der Waals surface area contributed by atoms with Crippen molar-refractivity contribution in [1.29, 1.82) is 0 Å². The molecule has 1 aliphatic rings. The van der Waals surface area contributed by atoms with E-state index < -0.39 is 0 Å². The summed E-state index contributed by atoms with van der Waals surface area (Å²) in [7, 11) is 1.69. The van der Waals surface area contributed by atoms with Crippen LogP contribution in [0, 0.1) is 0 Å². The second kappa shape index (κ2) is 5.23. The van der Waals surface area contributed by atoms with E-state index >= 15 is 0 Å². The summed E-state index contributed by atoms with van der Waals surface area (Å²) in [6, 6.07) is 10.3. The highest BCUT2D eigenvalue weighted by atomic mass is 32.2. The Labute approximate surface area is 117 Å². The Morgan fingerprint density at radius 2 is 2.05 bits per heavy atom. The van der Waals surface area contributed by atoms with Gasteiger partial charge in [0.05, 0.1) is 7.11 Å². The monoisotopic (exact) mass is 272 g/mol. The molecule has 0 saturated heterocycles. The molecule has 3 nitrogen and oxygen atoms in total. The number of hydrogen-bond acceptors (Lipinski definition) is 4. The van der Waals surface area contributed by atoms with Gasteiger partial charge in [-0.15, -0.1) is 11.8 Å². The third kappa shape index (κ3) is 2.46. The van der Waals surface area contributed by atoms with Gasteiger partial charge >= 0.3 is 0 Å². The first-order valence-electron chi connectivity index (χ1n) is 6.27. The van der Waals surface area contributed by atoms with Crippen molar-refractivity contribution in [2.24, 2.45) is 5.73 Å². The van der Waals surface area contributed by atoms with Crippen molar-refractivity contribution in [3.8, 4) is 5.75 Å². The van der Waals surface area contributed by atoms with E-state index in [4.69, 9.17) is 10.5 Å². The molecule has 1 aliphatic carbocycles. The van der Waals surface area contributed by atoms with Crippen molar-refractivity contribution in [2.45, 2.75) is 22.6 Å². The molecule has 0 saturated carbocycles. The van der Waals surface area contributed by atoms with E-state index in [2.05, 4.69) is 17.1 Å². The average molecular weight is 272 g/mol. The number of benzene rings is 1. The number of methoxy groups -OCH3 is 1. The molecule has 0 fully saturated rings. The standard InChI is InChI=1S/C15H16N2OS/c1-18-11-3-2-10-8-14(15(16)13(10)9-11)19-12-4-6-17-7-5-12/h2-7,9,14-15H,8,16H2,1H3. The fraction of sp³-hybridized carbons (Fsp3) is 0.267. The highest BCUT2D eigenvalue weighted by molar-refractivity contribution is 8.00. The summed E-state index contributed by atoms with van der Waals surface area (Å²) in [5, 5.41) is 0.379. The average Bonchev–Trinajstić information content (AvgIpc) is 2.76. The molecule has 1 heterocycles. The lowest BCUT2D eigenvalue weighted by molar-refractivity contribution is 0.414. The zero-order valence-electron chi connectivity index (χ0n) is 10.7. The van der Waals surface area contributed by atoms with Gasteiger partial charge in [-0.1, -0.05) is 6.07 Å². The topological polar surface area (TPSA) is 48.1 Å². The fourth-order valence-electron chi connectivity index (χ4n) is 2.45. The van der Waals surface area contributed by atoms with Gasteiger partial charge in [0.25, 0.3) is 0 Å². The molecule has 2 unspecified atom stereocenters. The molecule has 0 bridgehead atoms. The zero-order valence-corrected chi connectivity index (χ0v) is 11.6. The highest BCUT2D eigenvalue weighted by Crippen LogP contribution is 2.41. The van der Waals surface area contributed by atoms with Crippen LogP contribution in [-0.4, -0.2) is 17.3 Å². The zero-order chi connectivity index (χ0) is 13.2. The maximum Gasteiger partial charge on any atom is 0.119 e. The Kier molecular flexibility index (Phi) is 3.44. The van der Waals surface area contributed by atoms with E-state index in [1.165, 1.54) is 16.0 Å². The largest absolute Gasteiger partial charge is 0.497 e. The third-order valence-electron chi connectivity index (χ3n) is 3.47. The van der Waals surface area contributed by atoms with Crippen LogP contribution in [0.3, 0.4) is 0 Å². The van der Waals surface area contributed by atoms with Gasteiger partial charge < -0.3 is 10.5 Å². The number of fused-ring (bicyclic) bond motifs is 1. The van der Waals surface area contributed by atoms with Crippen molar-refractivity contribution in [3.63, 3.8) is 0 Å². The lowest BCUT2D eigenvalue weighted by atomic mass is 10.1. The van der Waals surface area contributed by atoms with Crippen molar-refractivity contribution in [3.05, 3.63) is 53.9 Å². The third-order valence-corrected chi connectivity index (χ3v) is 4.78. The molecule has 1 aromatic heterocycles. The van der Waals surface area contributed by atoms with Gasteiger partial charge in [-0.2, -0.15) is 0 Å². The number of rotatable bonds is 3. The van der Waals surface area contributed by atoms with Crippen molar-refractivity contribution >= 4 is 11.8 Å². The molecule has 0 amide bonds. The van der Waals surface area contributed by atoms with E-state index in [1.54, 1.807) is 7.11 Å². The number of hydrogen-bond donors (Lipinski definition) is 1. The molecule has 19 heavy (non-hydrogen) atoms. The minimum Gasteiger partial charge on any atom is -0.497 e. The number of aromatic nitrogens is 1. The highest BCUT2D eigenvalue weighted by Gasteiger charge is 2.30. The van der Waals surface area contributed by atoms with Crippen LogP contribution < -0.4 is 10.5 Å². The van der Waals surface area contributed by atoms with Crippen LogP contribution >= 0.6 is 11.8 Å². The minimum absolute atomic E-state index is 0.0586. The van der Waals surface area contributed by atoms with Gasteiger partial charge in [-0.3, -0.25) is 4.98 Å². The normalized spacial score (nSPS) is 21.2. The van der Waals surface area contributed by atoms with Crippen molar-refractivity contribution in [2.75, 3.05) is 7.11 Å². The Hall–Kier alpha value is -1.52. The Morgan fingerprint density at radius 1 is 1.26 bits per heavy atom. The van der Waals surface area contributed by atoms with E-state index in [9.17, 15) is 0 Å². The molecule has 1 aromatic carbocycles. The Bertz CT molecular complexity index is 574. The van der Waals surface area contributed by atoms with Gasteiger partial charge in [-0.25, -0.2) is 0 Å². The number of pyridine rings is 1. The lowest BCUT2D eigenvalue weighted by Gasteiger charge is -2.15. The number of ether oxygens (including phenoxy) is 1. The molecule has 3 rings (SSSR count). The van der Waals surface area contributed by atoms with Gasteiger partial charge in [0.2, 0.25) is 0 Å². The summed E-state index contributed by atoms with van der Waals surface area (Å²) in [6.07, 6.45) is 4.64. The van der Waals surface area contributed by atoms with Crippen molar-refractivity contribution < 1.29 is 4.74 Å². The molecule has 2 N–H and O–H groups in total. The molecule has 0 radical (unpaired) electrons. The van der Waals surface area contributed by atoms with Crippen LogP contribution in [0.2, 0.25) is 0 Å². The van der Waals surface area contributed by atoms with Gasteiger partial charge in [0.1, 0.15) is 5.75 Å². The van der Waals surface area contributed by atoms with E-state index in [0.717, 1.165) is 12.2 Å². The van der Waals surface area contributed by atoms with Crippen LogP contribution in [-0.2, 0) is 6.42 Å². The van der Waals surface area contributed by atoms with Crippen molar-refractivity contribution in [1.82, 2.24) is 4.98 Å². The molecule has 0 spiro atoms. The number of thioether (sulfide) groups is 1. The first-order chi connectivity index (χ1) is 9.28. The van der Waals surface area contributed by atoms with Crippen LogP contribution in [0.15, 0.2) is 47.6 Å². The minimum atomic E-state index is 0.0586. The SMILES string of the molecule is COc1ccc2c(c1)C(N)C(Sc1ccncc1)C2. The molecular formula is C15H16N2OS. The fourth-order valence-corrected chi connectivity index (χ4v) is 3.63. The van der Waals surface area contributed by atoms with Crippen LogP contribution in [0.5, 0.6) is 5.75 Å². The lowest BCUT2D eigenvalue weighted by Crippen LogP contribution is -2.18. The number of nitrogens with two attached hydrogens (primary N) is 1. The van der Waals surface area contributed by atoms with E-state index in [0.29, 0.717) is 5.25 Å². The van der Waals surface area contributed by atoms with Gasteiger partial charge in [0.15, 0.2) is 0 Å². The molecule has 0 aliphatic heterocycles. The molecule has 4 heteroatoms. The summed E-state index contributed by atoms with van der Waals surface area (Å²) < 4.78 is 5.27. The molecule has 98 valence electrons. The predicted molar refractivity (Wildman–Crippen MR) is 77.5 cm³/mol. The van der Waals surface area contributed by atoms with Gasteiger partial charge in [0, 0.05) is 28.6 Å². The smallest absolute Gasteiger partial charge is 0.119 e. The predicted octanol–water partition coefficient (Wildman–Crippen LogP) is 2.81. The summed E-state index contributed by atoms with van der Waals surface area (Å²) in [6.45, 7) is 0. The van der Waals surface area contributed by atoms with Crippen LogP contribution in [0.25, 0.3) is 0 Å². The van der Waals surface area contributed by atoms with E-state index in [1.807, 2.05) is 42.4 Å². The number of nitrogens with zero attached hydrogens (tertiary/aromatic N) is 1. The maximum atomic E-state index is 6.37.